The standard InChI is InChI=1S/C30H40N4O2/c1-8-9-10-17-33(29(36)24-14-11-21(2)12-15-24)20-28(35)31-27-19-26(30(5,6)7)32-34(27)25-16-13-22(3)18-23(25)4/h11-16,18-19H,8-10,17,20H2,1-7H3,(H,31,35). The van der Waals surface area contributed by atoms with Gasteiger partial charge in [-0.25, -0.2) is 4.68 Å². The van der Waals surface area contributed by atoms with Gasteiger partial charge in [-0.1, -0.05) is 75.9 Å². The van der Waals surface area contributed by atoms with Gasteiger partial charge in [0.1, 0.15) is 12.4 Å². The van der Waals surface area contributed by atoms with Gasteiger partial charge in [-0.2, -0.15) is 5.10 Å². The number of rotatable bonds is 9. The van der Waals surface area contributed by atoms with Gasteiger partial charge in [0.2, 0.25) is 5.91 Å². The van der Waals surface area contributed by atoms with Gasteiger partial charge in [0.15, 0.2) is 0 Å². The number of aryl methyl sites for hydroxylation is 3. The molecule has 1 N–H and O–H groups in total. The molecule has 1 aromatic heterocycles. The van der Waals surface area contributed by atoms with Gasteiger partial charge in [0.05, 0.1) is 11.4 Å². The zero-order chi connectivity index (χ0) is 26.5. The summed E-state index contributed by atoms with van der Waals surface area (Å²) < 4.78 is 1.80. The Morgan fingerprint density at radius 2 is 1.61 bits per heavy atom. The average Bonchev–Trinajstić information content (AvgIpc) is 3.22. The van der Waals surface area contributed by atoms with Gasteiger partial charge < -0.3 is 10.2 Å². The average molecular weight is 489 g/mol. The molecule has 0 spiro atoms. The Kier molecular flexibility index (Phi) is 8.72. The van der Waals surface area contributed by atoms with Crippen LogP contribution in [-0.4, -0.2) is 39.6 Å². The van der Waals surface area contributed by atoms with E-state index in [9.17, 15) is 9.59 Å². The van der Waals surface area contributed by atoms with Crippen molar-refractivity contribution in [3.8, 4) is 5.69 Å². The van der Waals surface area contributed by atoms with Gasteiger partial charge in [-0.15, -0.1) is 0 Å². The maximum Gasteiger partial charge on any atom is 0.254 e. The molecule has 1 heterocycles. The number of nitrogens with zero attached hydrogens (tertiary/aromatic N) is 3. The molecule has 0 aliphatic carbocycles. The van der Waals surface area contributed by atoms with Crippen molar-refractivity contribution in [3.63, 3.8) is 0 Å². The summed E-state index contributed by atoms with van der Waals surface area (Å²) in [6.07, 6.45) is 2.91. The molecule has 6 heteroatoms. The van der Waals surface area contributed by atoms with E-state index in [1.54, 1.807) is 9.58 Å². The van der Waals surface area contributed by atoms with Crippen molar-refractivity contribution in [2.75, 3.05) is 18.4 Å². The van der Waals surface area contributed by atoms with E-state index in [1.165, 1.54) is 5.56 Å². The van der Waals surface area contributed by atoms with Crippen molar-refractivity contribution >= 4 is 17.6 Å². The maximum atomic E-state index is 13.3. The van der Waals surface area contributed by atoms with Gasteiger partial charge in [-0.05, 0) is 51.0 Å². The normalized spacial score (nSPS) is 11.4. The summed E-state index contributed by atoms with van der Waals surface area (Å²) in [5, 5.41) is 7.89. The molecule has 0 aliphatic heterocycles. The van der Waals surface area contributed by atoms with Gasteiger partial charge >= 0.3 is 0 Å². The molecule has 0 aliphatic rings. The maximum absolute atomic E-state index is 13.3. The number of hydrogen-bond acceptors (Lipinski definition) is 3. The molecule has 3 rings (SSSR count). The first-order valence-electron chi connectivity index (χ1n) is 12.8. The van der Waals surface area contributed by atoms with Crippen molar-refractivity contribution in [1.82, 2.24) is 14.7 Å². The molecule has 0 bridgehead atoms. The summed E-state index contributed by atoms with van der Waals surface area (Å²) in [5.74, 6) is 0.242. The fourth-order valence-corrected chi connectivity index (χ4v) is 4.10. The second-order valence-corrected chi connectivity index (χ2v) is 10.7. The SMILES string of the molecule is CCCCCN(CC(=O)Nc1cc(C(C)(C)C)nn1-c1ccc(C)cc1C)C(=O)c1ccc(C)cc1. The molecular weight excluding hydrogens is 448 g/mol. The van der Waals surface area contributed by atoms with E-state index in [-0.39, 0.29) is 23.8 Å². The third-order valence-corrected chi connectivity index (χ3v) is 6.28. The Labute approximate surface area is 215 Å². The van der Waals surface area contributed by atoms with E-state index >= 15 is 0 Å². The lowest BCUT2D eigenvalue weighted by atomic mass is 9.92. The first-order valence-corrected chi connectivity index (χ1v) is 12.8. The molecule has 3 aromatic rings. The van der Waals surface area contributed by atoms with E-state index in [0.29, 0.717) is 17.9 Å². The zero-order valence-electron chi connectivity index (χ0n) is 22.8. The molecule has 2 aromatic carbocycles. The third-order valence-electron chi connectivity index (χ3n) is 6.28. The lowest BCUT2D eigenvalue weighted by molar-refractivity contribution is -0.117. The quantitative estimate of drug-likeness (QED) is 0.356. The summed E-state index contributed by atoms with van der Waals surface area (Å²) in [6.45, 7) is 15.0. The summed E-state index contributed by atoms with van der Waals surface area (Å²) in [4.78, 5) is 28.2. The molecule has 0 unspecified atom stereocenters. The van der Waals surface area contributed by atoms with Crippen LogP contribution in [0, 0.1) is 20.8 Å². The van der Waals surface area contributed by atoms with Crippen LogP contribution in [0.1, 0.15) is 79.7 Å². The van der Waals surface area contributed by atoms with Gasteiger partial charge in [0, 0.05) is 23.6 Å². The van der Waals surface area contributed by atoms with Crippen LogP contribution in [0.5, 0.6) is 0 Å². The number of nitrogens with one attached hydrogen (secondary N) is 1. The predicted molar refractivity (Wildman–Crippen MR) is 147 cm³/mol. The van der Waals surface area contributed by atoms with Crippen molar-refractivity contribution in [1.29, 1.82) is 0 Å². The molecule has 6 nitrogen and oxygen atoms in total. The highest BCUT2D eigenvalue weighted by Crippen LogP contribution is 2.28. The lowest BCUT2D eigenvalue weighted by Gasteiger charge is -2.22. The highest BCUT2D eigenvalue weighted by molar-refractivity contribution is 5.99. The monoisotopic (exact) mass is 488 g/mol. The number of carbonyl (C=O) groups excluding carboxylic acids is 2. The fraction of sp³-hybridized carbons (Fsp3) is 0.433. The van der Waals surface area contributed by atoms with E-state index in [2.05, 4.69) is 46.0 Å². The van der Waals surface area contributed by atoms with Gasteiger partial charge in [-0.3, -0.25) is 9.59 Å². The molecule has 2 amide bonds. The van der Waals surface area contributed by atoms with E-state index in [0.717, 1.165) is 41.8 Å². The van der Waals surface area contributed by atoms with Crippen LogP contribution < -0.4 is 5.32 Å². The zero-order valence-corrected chi connectivity index (χ0v) is 22.8. The van der Waals surface area contributed by atoms with Crippen LogP contribution in [0.25, 0.3) is 5.69 Å². The number of amides is 2. The topological polar surface area (TPSA) is 67.2 Å². The number of benzene rings is 2. The molecule has 0 atom stereocenters. The van der Waals surface area contributed by atoms with E-state index in [4.69, 9.17) is 5.10 Å². The Morgan fingerprint density at radius 1 is 0.944 bits per heavy atom. The van der Waals surface area contributed by atoms with Gasteiger partial charge in [0.25, 0.3) is 5.91 Å². The van der Waals surface area contributed by atoms with Crippen LogP contribution in [0.15, 0.2) is 48.5 Å². The minimum atomic E-state index is -0.238. The Bertz CT molecular complexity index is 1200. The summed E-state index contributed by atoms with van der Waals surface area (Å²) in [5.41, 5.74) is 5.55. The first kappa shape index (κ1) is 27.2. The molecule has 0 saturated heterocycles. The molecule has 192 valence electrons. The predicted octanol–water partition coefficient (Wildman–Crippen LogP) is 6.37. The fourth-order valence-electron chi connectivity index (χ4n) is 4.10. The Balaban J connectivity index is 1.87. The third kappa shape index (κ3) is 6.84. The summed E-state index contributed by atoms with van der Waals surface area (Å²) >= 11 is 0. The summed E-state index contributed by atoms with van der Waals surface area (Å²) in [6, 6.07) is 15.6. The number of aromatic nitrogens is 2. The Hall–Kier alpha value is -3.41. The number of unbranched alkanes of at least 4 members (excludes halogenated alkanes) is 2. The molecular formula is C30H40N4O2. The van der Waals surface area contributed by atoms with Crippen molar-refractivity contribution in [3.05, 3.63) is 76.5 Å². The van der Waals surface area contributed by atoms with Crippen LogP contribution >= 0.6 is 0 Å². The second kappa shape index (κ2) is 11.5. The van der Waals surface area contributed by atoms with Crippen LogP contribution in [-0.2, 0) is 10.2 Å². The van der Waals surface area contributed by atoms with Crippen LogP contribution in [0.4, 0.5) is 5.82 Å². The van der Waals surface area contributed by atoms with Crippen LogP contribution in [0.3, 0.4) is 0 Å². The highest BCUT2D eigenvalue weighted by Gasteiger charge is 2.24. The number of carbonyl (C=O) groups is 2. The molecule has 0 fully saturated rings. The minimum Gasteiger partial charge on any atom is -0.329 e. The number of hydrogen-bond donors (Lipinski definition) is 1. The second-order valence-electron chi connectivity index (χ2n) is 10.7. The van der Waals surface area contributed by atoms with Crippen molar-refractivity contribution in [2.45, 2.75) is 73.1 Å². The molecule has 0 radical (unpaired) electrons. The lowest BCUT2D eigenvalue weighted by Crippen LogP contribution is -2.39. The smallest absolute Gasteiger partial charge is 0.254 e. The highest BCUT2D eigenvalue weighted by atomic mass is 16.2. The summed E-state index contributed by atoms with van der Waals surface area (Å²) in [7, 11) is 0. The number of anilines is 1. The Morgan fingerprint density at radius 3 is 2.22 bits per heavy atom. The molecule has 0 saturated carbocycles. The van der Waals surface area contributed by atoms with Crippen molar-refractivity contribution in [2.24, 2.45) is 0 Å². The first-order chi connectivity index (χ1) is 17.0. The van der Waals surface area contributed by atoms with E-state index in [1.807, 2.05) is 56.3 Å². The molecule has 36 heavy (non-hydrogen) atoms. The minimum absolute atomic E-state index is 0.0145. The van der Waals surface area contributed by atoms with E-state index < -0.39 is 0 Å². The van der Waals surface area contributed by atoms with Crippen molar-refractivity contribution < 1.29 is 9.59 Å². The van der Waals surface area contributed by atoms with Crippen LogP contribution in [0.2, 0.25) is 0 Å². The largest absolute Gasteiger partial charge is 0.329 e.